The first-order chi connectivity index (χ1) is 6.31. The summed E-state index contributed by atoms with van der Waals surface area (Å²) >= 11 is 0. The molecule has 0 unspecified atom stereocenters. The van der Waals surface area contributed by atoms with E-state index >= 15 is 0 Å². The Balaban J connectivity index is 2.74. The quantitative estimate of drug-likeness (QED) is 0.649. The second-order valence-corrected chi connectivity index (χ2v) is 2.83. The number of fused-ring (bicyclic) bond motifs is 1. The van der Waals surface area contributed by atoms with E-state index in [2.05, 4.69) is 0 Å². The van der Waals surface area contributed by atoms with Crippen LogP contribution in [0, 0.1) is 5.82 Å². The molecule has 0 aromatic heterocycles. The van der Waals surface area contributed by atoms with Gasteiger partial charge in [-0.1, -0.05) is 24.3 Å². The maximum atomic E-state index is 13.2. The molecule has 2 aromatic rings. The molecule has 0 heterocycles. The lowest BCUT2D eigenvalue weighted by Crippen LogP contribution is -1.87. The van der Waals surface area contributed by atoms with E-state index in [0.717, 1.165) is 10.8 Å². The molecule has 13 heavy (non-hydrogen) atoms. The number of methoxy groups -OCH3 is 1. The molecule has 0 aliphatic heterocycles. The van der Waals surface area contributed by atoms with Gasteiger partial charge in [-0.3, -0.25) is 0 Å². The van der Waals surface area contributed by atoms with Gasteiger partial charge in [0.2, 0.25) is 0 Å². The lowest BCUT2D eigenvalue weighted by Gasteiger charge is -2.03. The van der Waals surface area contributed by atoms with E-state index in [9.17, 15) is 4.39 Å². The van der Waals surface area contributed by atoms with Gasteiger partial charge in [0.05, 0.1) is 7.11 Å². The topological polar surface area (TPSA) is 9.23 Å². The zero-order valence-corrected chi connectivity index (χ0v) is 7.25. The number of hydrogen-bond acceptors (Lipinski definition) is 1. The Kier molecular flexibility index (Phi) is 1.89. The Bertz CT molecular complexity index is 437. The van der Waals surface area contributed by atoms with Gasteiger partial charge in [0, 0.05) is 0 Å². The van der Waals surface area contributed by atoms with Crippen LogP contribution in [0.25, 0.3) is 10.8 Å². The largest absolute Gasteiger partial charge is 0.494 e. The SMILES string of the molecule is COc1cc2ccccc2cc1F. The minimum atomic E-state index is -0.318. The molecule has 0 fully saturated rings. The van der Waals surface area contributed by atoms with Gasteiger partial charge in [0.15, 0.2) is 11.6 Å². The van der Waals surface area contributed by atoms with Gasteiger partial charge in [0.25, 0.3) is 0 Å². The van der Waals surface area contributed by atoms with Gasteiger partial charge < -0.3 is 4.74 Å². The van der Waals surface area contributed by atoms with Crippen molar-refractivity contribution in [1.29, 1.82) is 0 Å². The van der Waals surface area contributed by atoms with Crippen molar-refractivity contribution in [2.75, 3.05) is 7.11 Å². The predicted octanol–water partition coefficient (Wildman–Crippen LogP) is 2.99. The summed E-state index contributed by atoms with van der Waals surface area (Å²) < 4.78 is 18.1. The molecular formula is C11H9FO. The van der Waals surface area contributed by atoms with Crippen LogP contribution in [-0.4, -0.2) is 7.11 Å². The van der Waals surface area contributed by atoms with E-state index in [-0.39, 0.29) is 5.82 Å². The van der Waals surface area contributed by atoms with Crippen molar-refractivity contribution in [3.8, 4) is 5.75 Å². The fourth-order valence-corrected chi connectivity index (χ4v) is 1.35. The van der Waals surface area contributed by atoms with E-state index in [1.54, 1.807) is 6.07 Å². The lowest BCUT2D eigenvalue weighted by atomic mass is 10.1. The van der Waals surface area contributed by atoms with Crippen molar-refractivity contribution >= 4 is 10.8 Å². The van der Waals surface area contributed by atoms with Crippen molar-refractivity contribution < 1.29 is 9.13 Å². The van der Waals surface area contributed by atoms with Crippen LogP contribution in [0.3, 0.4) is 0 Å². The minimum absolute atomic E-state index is 0.290. The van der Waals surface area contributed by atoms with Crippen LogP contribution < -0.4 is 4.74 Å². The molecule has 2 heteroatoms. The van der Waals surface area contributed by atoms with Crippen molar-refractivity contribution in [1.82, 2.24) is 0 Å². The zero-order chi connectivity index (χ0) is 9.26. The Morgan fingerprint density at radius 1 is 1.08 bits per heavy atom. The first-order valence-electron chi connectivity index (χ1n) is 4.03. The molecule has 0 aliphatic rings. The van der Waals surface area contributed by atoms with E-state index in [1.165, 1.54) is 13.2 Å². The van der Waals surface area contributed by atoms with E-state index in [0.29, 0.717) is 5.75 Å². The van der Waals surface area contributed by atoms with Gasteiger partial charge in [0.1, 0.15) is 0 Å². The molecule has 0 radical (unpaired) electrons. The molecule has 0 saturated carbocycles. The third-order valence-electron chi connectivity index (χ3n) is 2.02. The van der Waals surface area contributed by atoms with Crippen LogP contribution in [-0.2, 0) is 0 Å². The Labute approximate surface area is 75.8 Å². The summed E-state index contributed by atoms with van der Waals surface area (Å²) in [5.41, 5.74) is 0. The number of ether oxygens (including phenoxy) is 1. The van der Waals surface area contributed by atoms with Gasteiger partial charge in [-0.15, -0.1) is 0 Å². The van der Waals surface area contributed by atoms with Crippen molar-refractivity contribution in [2.45, 2.75) is 0 Å². The smallest absolute Gasteiger partial charge is 0.165 e. The van der Waals surface area contributed by atoms with E-state index < -0.39 is 0 Å². The van der Waals surface area contributed by atoms with Crippen LogP contribution in [0.1, 0.15) is 0 Å². The molecule has 0 atom stereocenters. The molecule has 2 rings (SSSR count). The van der Waals surface area contributed by atoms with Gasteiger partial charge >= 0.3 is 0 Å². The van der Waals surface area contributed by atoms with E-state index in [1.807, 2.05) is 24.3 Å². The first kappa shape index (κ1) is 8.05. The summed E-state index contributed by atoms with van der Waals surface area (Å²) in [5, 5.41) is 1.88. The standard InChI is InChI=1S/C11H9FO/c1-13-11-7-9-5-3-2-4-8(9)6-10(11)12/h2-7H,1H3. The first-order valence-corrected chi connectivity index (χ1v) is 4.03. The van der Waals surface area contributed by atoms with Gasteiger partial charge in [-0.05, 0) is 22.9 Å². The molecule has 0 bridgehead atoms. The fourth-order valence-electron chi connectivity index (χ4n) is 1.35. The Morgan fingerprint density at radius 3 is 2.31 bits per heavy atom. The van der Waals surface area contributed by atoms with Crippen LogP contribution in [0.4, 0.5) is 4.39 Å². The van der Waals surface area contributed by atoms with E-state index in [4.69, 9.17) is 4.74 Å². The highest BCUT2D eigenvalue weighted by Gasteiger charge is 2.03. The number of halogens is 1. The summed E-state index contributed by atoms with van der Waals surface area (Å²) in [6, 6.07) is 10.8. The van der Waals surface area contributed by atoms with Gasteiger partial charge in [-0.25, -0.2) is 4.39 Å². The monoisotopic (exact) mass is 176 g/mol. The molecule has 0 saturated heterocycles. The average Bonchev–Trinajstić information content (AvgIpc) is 2.17. The molecular weight excluding hydrogens is 167 g/mol. The van der Waals surface area contributed by atoms with Crippen molar-refractivity contribution in [2.24, 2.45) is 0 Å². The van der Waals surface area contributed by atoms with Crippen LogP contribution in [0.2, 0.25) is 0 Å². The predicted molar refractivity (Wildman–Crippen MR) is 50.5 cm³/mol. The average molecular weight is 176 g/mol. The molecule has 2 aromatic carbocycles. The second-order valence-electron chi connectivity index (χ2n) is 2.83. The van der Waals surface area contributed by atoms with Crippen molar-refractivity contribution in [3.63, 3.8) is 0 Å². The fraction of sp³-hybridized carbons (Fsp3) is 0.0909. The lowest BCUT2D eigenvalue weighted by molar-refractivity contribution is 0.387. The third kappa shape index (κ3) is 1.35. The molecule has 66 valence electrons. The highest BCUT2D eigenvalue weighted by atomic mass is 19.1. The Hall–Kier alpha value is -1.57. The zero-order valence-electron chi connectivity index (χ0n) is 7.25. The van der Waals surface area contributed by atoms with Crippen LogP contribution >= 0.6 is 0 Å². The van der Waals surface area contributed by atoms with Crippen LogP contribution in [0.5, 0.6) is 5.75 Å². The highest BCUT2D eigenvalue weighted by Crippen LogP contribution is 2.23. The highest BCUT2D eigenvalue weighted by molar-refractivity contribution is 5.83. The maximum Gasteiger partial charge on any atom is 0.165 e. The second kappa shape index (κ2) is 3.05. The third-order valence-corrected chi connectivity index (χ3v) is 2.02. The minimum Gasteiger partial charge on any atom is -0.494 e. The Morgan fingerprint density at radius 2 is 1.69 bits per heavy atom. The molecule has 0 aliphatic carbocycles. The summed E-state index contributed by atoms with van der Waals surface area (Å²) in [7, 11) is 1.47. The maximum absolute atomic E-state index is 13.2. The molecule has 0 spiro atoms. The molecule has 1 nitrogen and oxygen atoms in total. The summed E-state index contributed by atoms with van der Waals surface area (Å²) in [4.78, 5) is 0. The molecule has 0 N–H and O–H groups in total. The number of hydrogen-bond donors (Lipinski definition) is 0. The summed E-state index contributed by atoms with van der Waals surface area (Å²) in [5.74, 6) is -0.0279. The van der Waals surface area contributed by atoms with Crippen molar-refractivity contribution in [3.05, 3.63) is 42.2 Å². The number of rotatable bonds is 1. The van der Waals surface area contributed by atoms with Crippen LogP contribution in [0.15, 0.2) is 36.4 Å². The van der Waals surface area contributed by atoms with Gasteiger partial charge in [-0.2, -0.15) is 0 Å². The summed E-state index contributed by atoms with van der Waals surface area (Å²) in [6.07, 6.45) is 0. The summed E-state index contributed by atoms with van der Waals surface area (Å²) in [6.45, 7) is 0. The number of benzene rings is 2. The normalized spacial score (nSPS) is 10.3. The molecule has 0 amide bonds.